The molecule has 0 unspecified atom stereocenters. The largest absolute Gasteiger partial charge is 1.00 e. The zero-order valence-corrected chi connectivity index (χ0v) is 21.9. The van der Waals surface area contributed by atoms with Crippen molar-refractivity contribution in [3.05, 3.63) is 29.3 Å². The minimum atomic E-state index is -1.22. The number of hydrogen-bond donors (Lipinski definition) is 3. The van der Waals surface area contributed by atoms with Gasteiger partial charge < -0.3 is 18.4 Å². The van der Waals surface area contributed by atoms with E-state index in [1.165, 1.54) is 69.9 Å². The Morgan fingerprint density at radius 2 is 1.25 bits per heavy atom. The predicted molar refractivity (Wildman–Crippen MR) is 108 cm³/mol. The number of anilines is 1. The number of carboxylic acids is 2. The van der Waals surface area contributed by atoms with E-state index in [2.05, 4.69) is 12.2 Å². The first-order valence-electron chi connectivity index (χ1n) is 9.90. The fourth-order valence-electron chi connectivity index (χ4n) is 3.04. The summed E-state index contributed by atoms with van der Waals surface area (Å²) >= 11 is 0. The molecule has 0 amide bonds. The molecule has 0 fully saturated rings. The van der Waals surface area contributed by atoms with Gasteiger partial charge in [0.15, 0.2) is 0 Å². The molecule has 1 rings (SSSR count). The third-order valence-corrected chi connectivity index (χ3v) is 4.59. The summed E-state index contributed by atoms with van der Waals surface area (Å²) < 4.78 is 0. The minimum Gasteiger partial charge on any atom is -1.00 e. The molecule has 0 saturated carbocycles. The smallest absolute Gasteiger partial charge is 1.00 e. The van der Waals surface area contributed by atoms with Crippen LogP contribution in [-0.2, 0) is 0 Å². The summed E-state index contributed by atoms with van der Waals surface area (Å²) in [5.41, 5.74) is 0.290. The van der Waals surface area contributed by atoms with Gasteiger partial charge in [-0.25, -0.2) is 9.59 Å². The summed E-state index contributed by atoms with van der Waals surface area (Å²) in [5, 5.41) is 21.3. The van der Waals surface area contributed by atoms with Crippen molar-refractivity contribution >= 4 is 17.6 Å². The van der Waals surface area contributed by atoms with Crippen LogP contribution in [0.2, 0.25) is 0 Å². The van der Waals surface area contributed by atoms with E-state index in [9.17, 15) is 9.59 Å². The van der Waals surface area contributed by atoms with Crippen LogP contribution in [0.15, 0.2) is 18.2 Å². The molecule has 3 N–H and O–H groups in total. The number of rotatable bonds is 15. The van der Waals surface area contributed by atoms with Crippen molar-refractivity contribution in [3.8, 4) is 0 Å². The van der Waals surface area contributed by atoms with E-state index in [-0.39, 0.29) is 73.1 Å². The fraction of sp³-hybridized carbons (Fsp3) is 0.619. The van der Waals surface area contributed by atoms with Crippen molar-refractivity contribution in [2.75, 3.05) is 11.9 Å². The number of hydrogen-bond acceptors (Lipinski definition) is 3. The Hall–Kier alpha value is -0.0400. The van der Waals surface area contributed by atoms with Gasteiger partial charge in [-0.2, -0.15) is 0 Å². The Morgan fingerprint density at radius 1 is 0.786 bits per heavy atom. The molecule has 28 heavy (non-hydrogen) atoms. The minimum absolute atomic E-state index is 0. The number of carboxylic acid groups (broad SMARTS) is 2. The second-order valence-electron chi connectivity index (χ2n) is 6.83. The molecule has 0 heterocycles. The molecule has 0 aliphatic heterocycles. The number of carbonyl (C=O) groups is 2. The average Bonchev–Trinajstić information content (AvgIpc) is 2.62. The van der Waals surface area contributed by atoms with Gasteiger partial charge in [0.2, 0.25) is 0 Å². The van der Waals surface area contributed by atoms with E-state index in [1.54, 1.807) is 6.07 Å². The maximum Gasteiger partial charge on any atom is 1.00 e. The van der Waals surface area contributed by atoms with Crippen LogP contribution in [0.4, 0.5) is 5.69 Å². The molecular formula is C21H35NNa2O4. The molecule has 0 spiro atoms. The molecule has 0 aliphatic carbocycles. The zero-order chi connectivity index (χ0) is 19.2. The van der Waals surface area contributed by atoms with Gasteiger partial charge in [0, 0.05) is 12.2 Å². The Morgan fingerprint density at radius 3 is 1.71 bits per heavy atom. The Balaban J connectivity index is -0.000000845. The van der Waals surface area contributed by atoms with Gasteiger partial charge in [-0.1, -0.05) is 71.1 Å². The maximum absolute atomic E-state index is 11.2. The Bertz CT molecular complexity index is 578. The van der Waals surface area contributed by atoms with Gasteiger partial charge in [0.1, 0.15) is 0 Å². The van der Waals surface area contributed by atoms with Crippen LogP contribution in [0, 0.1) is 0 Å². The normalized spacial score (nSPS) is 9.89. The summed E-state index contributed by atoms with van der Waals surface area (Å²) in [5.74, 6) is -2.44. The molecule has 7 heteroatoms. The third kappa shape index (κ3) is 13.2. The van der Waals surface area contributed by atoms with Gasteiger partial charge >= 0.3 is 71.1 Å². The van der Waals surface area contributed by atoms with Crippen LogP contribution in [0.25, 0.3) is 0 Å². The van der Waals surface area contributed by atoms with E-state index >= 15 is 0 Å². The van der Waals surface area contributed by atoms with Gasteiger partial charge in [-0.15, -0.1) is 0 Å². The van der Waals surface area contributed by atoms with Crippen molar-refractivity contribution < 1.29 is 81.8 Å². The van der Waals surface area contributed by atoms with Crippen LogP contribution in [0.5, 0.6) is 0 Å². The zero-order valence-electron chi connectivity index (χ0n) is 19.9. The predicted octanol–water partition coefficient (Wildman–Crippen LogP) is 0.0389. The van der Waals surface area contributed by atoms with Gasteiger partial charge in [0.05, 0.1) is 11.1 Å². The molecular weight excluding hydrogens is 376 g/mol. The second-order valence-corrected chi connectivity index (χ2v) is 6.83. The number of benzene rings is 1. The van der Waals surface area contributed by atoms with Crippen molar-refractivity contribution in [2.45, 2.75) is 77.6 Å². The van der Waals surface area contributed by atoms with Crippen LogP contribution in [0.3, 0.4) is 0 Å². The van der Waals surface area contributed by atoms with Gasteiger partial charge in [0.25, 0.3) is 0 Å². The topological polar surface area (TPSA) is 86.6 Å². The average molecular weight is 411 g/mol. The van der Waals surface area contributed by atoms with E-state index < -0.39 is 11.9 Å². The Kier molecular flexibility index (Phi) is 20.4. The monoisotopic (exact) mass is 411 g/mol. The first-order chi connectivity index (χ1) is 12.6. The molecule has 1 aromatic rings. The maximum atomic E-state index is 11.2. The second kappa shape index (κ2) is 19.0. The molecule has 0 aromatic heterocycles. The van der Waals surface area contributed by atoms with E-state index in [0.717, 1.165) is 19.4 Å². The van der Waals surface area contributed by atoms with Crippen LogP contribution < -0.4 is 64.4 Å². The van der Waals surface area contributed by atoms with Crippen LogP contribution in [-0.4, -0.2) is 28.7 Å². The number of unbranched alkanes of at least 4 members (excludes halogenated alkanes) is 10. The van der Waals surface area contributed by atoms with E-state index in [0.29, 0.717) is 5.69 Å². The third-order valence-electron chi connectivity index (χ3n) is 4.59. The summed E-state index contributed by atoms with van der Waals surface area (Å²) in [6.07, 6.45) is 14.1. The SMILES string of the molecule is CCCCCCCCCCCCCNc1ccc(C(=O)O)c(C(=O)O)c1.[H-].[H-].[Na+].[Na+]. The number of aromatic carboxylic acids is 2. The molecule has 0 aliphatic rings. The Labute approximate surface area is 216 Å². The number of nitrogens with one attached hydrogen (secondary N) is 1. The van der Waals surface area contributed by atoms with Crippen molar-refractivity contribution in [2.24, 2.45) is 0 Å². The van der Waals surface area contributed by atoms with Crippen LogP contribution >= 0.6 is 0 Å². The summed E-state index contributed by atoms with van der Waals surface area (Å²) in [4.78, 5) is 22.2. The standard InChI is InChI=1S/C21H33NO4.2Na.2H/c1-2-3-4-5-6-7-8-9-10-11-12-15-22-17-13-14-18(20(23)24)19(16-17)21(25)26;;;;/h13-14,16,22H,2-12,15H2,1H3,(H,23,24)(H,25,26);;;;/q;2*+1;2*-1. The van der Waals surface area contributed by atoms with Crippen LogP contribution in [0.1, 0.15) is 101 Å². The molecule has 0 atom stereocenters. The molecule has 1 aromatic carbocycles. The van der Waals surface area contributed by atoms with Crippen molar-refractivity contribution in [3.63, 3.8) is 0 Å². The van der Waals surface area contributed by atoms with Crippen molar-refractivity contribution in [1.29, 1.82) is 0 Å². The molecule has 0 radical (unpaired) electrons. The molecule has 0 saturated heterocycles. The molecule has 5 nitrogen and oxygen atoms in total. The fourth-order valence-corrected chi connectivity index (χ4v) is 3.04. The molecule has 0 bridgehead atoms. The summed E-state index contributed by atoms with van der Waals surface area (Å²) in [6.45, 7) is 3.01. The first kappa shape index (κ1) is 30.2. The first-order valence-corrected chi connectivity index (χ1v) is 9.90. The van der Waals surface area contributed by atoms with E-state index in [4.69, 9.17) is 10.2 Å². The quantitative estimate of drug-likeness (QED) is 0.280. The van der Waals surface area contributed by atoms with E-state index in [1.807, 2.05) is 0 Å². The van der Waals surface area contributed by atoms with Crippen molar-refractivity contribution in [1.82, 2.24) is 0 Å². The molecule has 150 valence electrons. The summed E-state index contributed by atoms with van der Waals surface area (Å²) in [7, 11) is 0. The van der Waals surface area contributed by atoms with Gasteiger partial charge in [-0.3, -0.25) is 0 Å². The van der Waals surface area contributed by atoms with Gasteiger partial charge in [-0.05, 0) is 24.6 Å². The summed E-state index contributed by atoms with van der Waals surface area (Å²) in [6, 6.07) is 4.35.